The molecule has 1 fully saturated rings. The topological polar surface area (TPSA) is 80.2 Å². The fourth-order valence-corrected chi connectivity index (χ4v) is 4.90. The average molecular weight is 545 g/mol. The Morgan fingerprint density at radius 3 is 2.50 bits per heavy atom. The summed E-state index contributed by atoms with van der Waals surface area (Å²) in [4.78, 5) is 36.3. The number of oxazole rings is 1. The fourth-order valence-electron chi connectivity index (χ4n) is 4.90. The molecule has 2 amide bonds. The van der Waals surface area contributed by atoms with E-state index in [1.165, 1.54) is 22.9 Å². The number of likely N-dealkylation sites (N-methyl/N-ethyl adjacent to an activating group) is 2. The van der Waals surface area contributed by atoms with E-state index >= 15 is 0 Å². The van der Waals surface area contributed by atoms with Gasteiger partial charge in [0, 0.05) is 25.2 Å². The highest BCUT2D eigenvalue weighted by atomic mass is 19.2. The van der Waals surface area contributed by atoms with Crippen LogP contribution in [0.1, 0.15) is 47.3 Å². The molecule has 1 aliphatic rings. The van der Waals surface area contributed by atoms with Crippen molar-refractivity contribution in [2.75, 3.05) is 20.6 Å². The van der Waals surface area contributed by atoms with Crippen LogP contribution in [0.3, 0.4) is 0 Å². The Kier molecular flexibility index (Phi) is 6.98. The molecule has 3 aromatic carbocycles. The second-order valence-corrected chi connectivity index (χ2v) is 10.1. The molecule has 0 radical (unpaired) electrons. The van der Waals surface area contributed by atoms with Gasteiger partial charge in [-0.1, -0.05) is 19.9 Å². The molecule has 1 aromatic heterocycles. The molecule has 1 aliphatic heterocycles. The van der Waals surface area contributed by atoms with Gasteiger partial charge in [-0.2, -0.15) is 0 Å². The fraction of sp³-hybridized carbons (Fsp3) is 0.267. The second kappa shape index (κ2) is 10.4. The highest BCUT2D eigenvalue weighted by Gasteiger charge is 2.41. The summed E-state index contributed by atoms with van der Waals surface area (Å²) < 4.78 is 38.9. The highest BCUT2D eigenvalue weighted by Crippen LogP contribution is 2.35. The molecule has 0 unspecified atom stereocenters. The molecule has 2 heterocycles. The smallest absolute Gasteiger partial charge is 0.410 e. The average Bonchev–Trinajstić information content (AvgIpc) is 3.49. The summed E-state index contributed by atoms with van der Waals surface area (Å²) in [6, 6.07) is 13.0. The Morgan fingerprint density at radius 1 is 1.12 bits per heavy atom. The van der Waals surface area contributed by atoms with E-state index in [-0.39, 0.29) is 18.4 Å². The minimum Gasteiger partial charge on any atom is -0.442 e. The van der Waals surface area contributed by atoms with Crippen LogP contribution in [-0.2, 0) is 4.74 Å². The molecular weight excluding hydrogens is 518 g/mol. The van der Waals surface area contributed by atoms with E-state index < -0.39 is 29.9 Å². The van der Waals surface area contributed by atoms with Crippen molar-refractivity contribution >= 4 is 28.8 Å². The Morgan fingerprint density at radius 2 is 1.85 bits per heavy atom. The Bertz CT molecular complexity index is 1660. The van der Waals surface area contributed by atoms with Gasteiger partial charge in [0.2, 0.25) is 5.89 Å². The highest BCUT2D eigenvalue weighted by molar-refractivity contribution is 5.94. The van der Waals surface area contributed by atoms with Gasteiger partial charge in [0.1, 0.15) is 6.10 Å². The number of rotatable bonds is 6. The molecule has 8 nitrogen and oxygen atoms in total. The summed E-state index contributed by atoms with van der Waals surface area (Å²) >= 11 is 0. The number of cyclic esters (lactones) is 1. The number of halogens is 2. The van der Waals surface area contributed by atoms with Crippen LogP contribution < -0.4 is 0 Å². The molecule has 40 heavy (non-hydrogen) atoms. The van der Waals surface area contributed by atoms with Crippen molar-refractivity contribution in [3.05, 3.63) is 94.3 Å². The van der Waals surface area contributed by atoms with Gasteiger partial charge < -0.3 is 19.0 Å². The van der Waals surface area contributed by atoms with E-state index in [1.54, 1.807) is 37.4 Å². The number of hydrogen-bond acceptors (Lipinski definition) is 5. The summed E-state index contributed by atoms with van der Waals surface area (Å²) in [5.74, 6) is -1.82. The maximum atomic E-state index is 13.9. The summed E-state index contributed by atoms with van der Waals surface area (Å²) in [6.07, 6.45) is -1.40. The molecule has 0 saturated carbocycles. The molecule has 10 heteroatoms. The summed E-state index contributed by atoms with van der Waals surface area (Å²) in [5.41, 5.74) is 4.04. The van der Waals surface area contributed by atoms with Crippen molar-refractivity contribution in [3.63, 3.8) is 0 Å². The molecule has 0 aliphatic carbocycles. The number of hydrogen-bond donors (Lipinski definition) is 0. The maximum absolute atomic E-state index is 13.9. The number of carbonyl (C=O) groups is 2. The number of carbonyl (C=O) groups excluding carboxylic acids is 2. The first kappa shape index (κ1) is 26.8. The lowest BCUT2D eigenvalue weighted by molar-refractivity contribution is 0.0662. The number of fused-ring (bicyclic) bond motifs is 1. The van der Waals surface area contributed by atoms with Crippen LogP contribution in [0.25, 0.3) is 27.4 Å². The Hall–Kier alpha value is -4.78. The lowest BCUT2D eigenvalue weighted by Gasteiger charge is -2.26. The third-order valence-corrected chi connectivity index (χ3v) is 7.03. The van der Waals surface area contributed by atoms with Gasteiger partial charge in [0.05, 0.1) is 24.7 Å². The van der Waals surface area contributed by atoms with E-state index in [1.807, 2.05) is 19.9 Å². The van der Waals surface area contributed by atoms with Crippen molar-refractivity contribution in [3.8, 4) is 11.5 Å². The van der Waals surface area contributed by atoms with E-state index in [0.29, 0.717) is 39.4 Å². The zero-order valence-corrected chi connectivity index (χ0v) is 22.3. The molecule has 5 rings (SSSR count). The largest absolute Gasteiger partial charge is 0.442 e. The summed E-state index contributed by atoms with van der Waals surface area (Å²) in [6.45, 7) is 11.4. The van der Waals surface area contributed by atoms with Crippen LogP contribution in [0, 0.1) is 18.2 Å². The Labute approximate surface area is 229 Å². The van der Waals surface area contributed by atoms with Gasteiger partial charge in [-0.3, -0.25) is 4.79 Å². The van der Waals surface area contributed by atoms with Gasteiger partial charge >= 0.3 is 6.09 Å². The first-order valence-corrected chi connectivity index (χ1v) is 12.6. The normalized spacial score (nSPS) is 16.9. The molecule has 0 bridgehead atoms. The SMILES string of the molecule is [C-]#[N+]c1cc(C(C)C)c2oc(-c3ccc(C(=O)N(C)C[C@H]4OC(=O)N(C)[C@@H]4c4ccc(F)c(F)c4)cc3)nc2c1. The van der Waals surface area contributed by atoms with Crippen molar-refractivity contribution in [2.45, 2.75) is 31.9 Å². The Balaban J connectivity index is 1.35. The zero-order chi connectivity index (χ0) is 28.7. The summed E-state index contributed by atoms with van der Waals surface area (Å²) in [5, 5.41) is 0. The van der Waals surface area contributed by atoms with E-state index in [0.717, 1.165) is 17.7 Å². The zero-order valence-electron chi connectivity index (χ0n) is 22.3. The lowest BCUT2D eigenvalue weighted by Crippen LogP contribution is -2.37. The molecule has 0 N–H and O–H groups in total. The third-order valence-electron chi connectivity index (χ3n) is 7.03. The van der Waals surface area contributed by atoms with Gasteiger partial charge in [-0.05, 0) is 65.6 Å². The van der Waals surface area contributed by atoms with E-state index in [9.17, 15) is 18.4 Å². The van der Waals surface area contributed by atoms with E-state index in [2.05, 4.69) is 9.83 Å². The quantitative estimate of drug-likeness (QED) is 0.252. The van der Waals surface area contributed by atoms with Gasteiger partial charge in [0.15, 0.2) is 22.9 Å². The van der Waals surface area contributed by atoms with Gasteiger partial charge in [-0.25, -0.2) is 23.4 Å². The summed E-state index contributed by atoms with van der Waals surface area (Å²) in [7, 11) is 3.08. The first-order chi connectivity index (χ1) is 19.1. The van der Waals surface area contributed by atoms with Crippen LogP contribution in [-0.4, -0.2) is 53.5 Å². The molecule has 1 saturated heterocycles. The van der Waals surface area contributed by atoms with Crippen LogP contribution in [0.2, 0.25) is 0 Å². The van der Waals surface area contributed by atoms with Crippen molar-refractivity contribution in [2.24, 2.45) is 0 Å². The number of nitrogens with zero attached hydrogens (tertiary/aromatic N) is 4. The van der Waals surface area contributed by atoms with Gasteiger partial charge in [0.25, 0.3) is 5.91 Å². The monoisotopic (exact) mass is 544 g/mol. The van der Waals surface area contributed by atoms with Crippen LogP contribution in [0.15, 0.2) is 59.0 Å². The number of amides is 2. The minimum absolute atomic E-state index is 0.0345. The van der Waals surface area contributed by atoms with Crippen molar-refractivity contribution in [1.82, 2.24) is 14.8 Å². The van der Waals surface area contributed by atoms with Crippen LogP contribution in [0.5, 0.6) is 0 Å². The van der Waals surface area contributed by atoms with Crippen molar-refractivity contribution < 1.29 is 27.5 Å². The van der Waals surface area contributed by atoms with Crippen LogP contribution in [0.4, 0.5) is 19.3 Å². The van der Waals surface area contributed by atoms with Gasteiger partial charge in [-0.15, -0.1) is 0 Å². The molecule has 2 atom stereocenters. The first-order valence-electron chi connectivity index (χ1n) is 12.6. The predicted octanol–water partition coefficient (Wildman–Crippen LogP) is 6.71. The minimum atomic E-state index is -1.03. The second-order valence-electron chi connectivity index (χ2n) is 10.1. The molecule has 4 aromatic rings. The maximum Gasteiger partial charge on any atom is 0.410 e. The number of aromatic nitrogens is 1. The number of benzene rings is 3. The number of ether oxygens (including phenoxy) is 1. The standard InChI is InChI=1S/C30H26F2N4O4/c1-16(2)21-13-20(33-3)14-24-27(21)40-28(34-24)17-6-8-18(9-7-17)29(37)35(4)15-25-26(36(5)30(38)39-25)19-10-11-22(31)23(32)12-19/h6-14,16,25-26H,15H2,1-2,4-5H3/t25-,26-/m1/s1. The molecule has 0 spiro atoms. The van der Waals surface area contributed by atoms with E-state index in [4.69, 9.17) is 15.7 Å². The van der Waals surface area contributed by atoms with Crippen LogP contribution >= 0.6 is 0 Å². The molecular formula is C30H26F2N4O4. The lowest BCUT2D eigenvalue weighted by atomic mass is 10.00. The third kappa shape index (κ3) is 4.86. The predicted molar refractivity (Wildman–Crippen MR) is 144 cm³/mol. The van der Waals surface area contributed by atoms with Crippen molar-refractivity contribution in [1.29, 1.82) is 0 Å². The molecule has 204 valence electrons.